The molecule has 0 aliphatic carbocycles. The summed E-state index contributed by atoms with van der Waals surface area (Å²) in [6.45, 7) is 1.14. The van der Waals surface area contributed by atoms with E-state index < -0.39 is 0 Å². The molecule has 0 unspecified atom stereocenters. The number of aryl methyl sites for hydroxylation is 1. The highest BCUT2D eigenvalue weighted by Crippen LogP contribution is 2.15. The maximum Gasteiger partial charge on any atom is 0.264 e. The molecule has 3 heterocycles. The fourth-order valence-corrected chi connectivity index (χ4v) is 3.21. The van der Waals surface area contributed by atoms with E-state index in [9.17, 15) is 9.59 Å². The van der Waals surface area contributed by atoms with Crippen LogP contribution in [0.3, 0.4) is 0 Å². The number of nitrogens with zero attached hydrogens (tertiary/aromatic N) is 3. The molecule has 0 saturated heterocycles. The summed E-state index contributed by atoms with van der Waals surface area (Å²) in [6.07, 6.45) is 4.19. The van der Waals surface area contributed by atoms with Gasteiger partial charge in [0.05, 0.1) is 21.8 Å². The van der Waals surface area contributed by atoms with Crippen LogP contribution in [-0.4, -0.2) is 27.8 Å². The van der Waals surface area contributed by atoms with Crippen LogP contribution in [0.15, 0.2) is 70.5 Å². The van der Waals surface area contributed by atoms with Gasteiger partial charge in [0.25, 0.3) is 11.1 Å². The quantitative estimate of drug-likeness (QED) is 0.405. The maximum absolute atomic E-state index is 13.0. The second-order valence-electron chi connectivity index (χ2n) is 6.34. The van der Waals surface area contributed by atoms with Crippen molar-refractivity contribution in [2.75, 3.05) is 13.7 Å². The van der Waals surface area contributed by atoms with E-state index in [0.717, 1.165) is 12.1 Å². The van der Waals surface area contributed by atoms with Crippen molar-refractivity contribution >= 4 is 21.8 Å². The number of ether oxygens (including phenoxy) is 1. The Hall–Kier alpha value is -3.25. The van der Waals surface area contributed by atoms with Gasteiger partial charge in [-0.3, -0.25) is 14.2 Å². The molecular formula is C21H19N3O3. The highest BCUT2D eigenvalue weighted by molar-refractivity contribution is 5.91. The minimum Gasteiger partial charge on any atom is -0.385 e. The van der Waals surface area contributed by atoms with Crippen LogP contribution in [0.1, 0.15) is 6.42 Å². The molecule has 1 aromatic carbocycles. The van der Waals surface area contributed by atoms with Gasteiger partial charge in [-0.05, 0) is 36.8 Å². The lowest BCUT2D eigenvalue weighted by Gasteiger charge is -2.09. The molecule has 0 bridgehead atoms. The van der Waals surface area contributed by atoms with Gasteiger partial charge >= 0.3 is 0 Å². The minimum absolute atomic E-state index is 0.146. The monoisotopic (exact) mass is 361 g/mol. The van der Waals surface area contributed by atoms with Gasteiger partial charge in [-0.1, -0.05) is 18.2 Å². The third-order valence-electron chi connectivity index (χ3n) is 4.60. The molecular weight excluding hydrogens is 342 g/mol. The van der Waals surface area contributed by atoms with Crippen molar-refractivity contribution < 1.29 is 4.74 Å². The van der Waals surface area contributed by atoms with E-state index in [4.69, 9.17) is 4.74 Å². The van der Waals surface area contributed by atoms with Gasteiger partial charge in [0.2, 0.25) is 0 Å². The standard InChI is InChI=1S/C21H19N3O3/c1-27-13-5-10-23-11-8-18-16(20(23)25)14-17-19(22-18)9-12-24(21(17)26)15-6-3-2-4-7-15/h2-4,6-9,11-12,14H,5,10,13H2,1H3. The molecule has 4 rings (SSSR count). The number of rotatable bonds is 5. The van der Waals surface area contributed by atoms with E-state index in [0.29, 0.717) is 35.0 Å². The molecule has 6 heteroatoms. The van der Waals surface area contributed by atoms with Gasteiger partial charge in [0.1, 0.15) is 0 Å². The number of pyridine rings is 3. The zero-order chi connectivity index (χ0) is 18.8. The smallest absolute Gasteiger partial charge is 0.264 e. The summed E-state index contributed by atoms with van der Waals surface area (Å²) in [5.41, 5.74) is 1.60. The molecule has 136 valence electrons. The molecule has 0 radical (unpaired) electrons. The van der Waals surface area contributed by atoms with Crippen LogP contribution in [0.5, 0.6) is 0 Å². The second kappa shape index (κ2) is 7.17. The average Bonchev–Trinajstić information content (AvgIpc) is 2.70. The van der Waals surface area contributed by atoms with Crippen LogP contribution in [0.2, 0.25) is 0 Å². The predicted octanol–water partition coefficient (Wildman–Crippen LogP) is 2.74. The van der Waals surface area contributed by atoms with Crippen LogP contribution in [-0.2, 0) is 11.3 Å². The average molecular weight is 361 g/mol. The van der Waals surface area contributed by atoms with Crippen LogP contribution in [0.25, 0.3) is 27.5 Å². The van der Waals surface area contributed by atoms with E-state index in [1.54, 1.807) is 40.8 Å². The number of hydrogen-bond acceptors (Lipinski definition) is 4. The number of aromatic nitrogens is 3. The Morgan fingerprint density at radius 2 is 1.63 bits per heavy atom. The van der Waals surface area contributed by atoms with E-state index in [1.165, 1.54) is 0 Å². The minimum atomic E-state index is -0.192. The van der Waals surface area contributed by atoms with E-state index in [1.807, 2.05) is 36.4 Å². The summed E-state index contributed by atoms with van der Waals surface area (Å²) in [5, 5.41) is 0.880. The summed E-state index contributed by atoms with van der Waals surface area (Å²) >= 11 is 0. The molecule has 3 aromatic heterocycles. The normalized spacial score (nSPS) is 11.3. The first-order valence-electron chi connectivity index (χ1n) is 8.79. The molecule has 4 aromatic rings. The zero-order valence-electron chi connectivity index (χ0n) is 15.0. The Morgan fingerprint density at radius 1 is 0.926 bits per heavy atom. The van der Waals surface area contributed by atoms with Crippen molar-refractivity contribution in [1.29, 1.82) is 0 Å². The summed E-state index contributed by atoms with van der Waals surface area (Å²) in [5.74, 6) is 0. The number of para-hydroxylation sites is 1. The summed E-state index contributed by atoms with van der Waals surface area (Å²) in [6, 6.07) is 14.7. The lowest BCUT2D eigenvalue weighted by atomic mass is 10.2. The third kappa shape index (κ3) is 3.15. The topological polar surface area (TPSA) is 66.1 Å². The SMILES string of the molecule is COCCCn1ccc2nc3ccn(-c4ccccc4)c(=O)c3cc2c1=O. The van der Waals surface area contributed by atoms with Gasteiger partial charge in [0, 0.05) is 38.3 Å². The maximum atomic E-state index is 13.0. The van der Waals surface area contributed by atoms with E-state index in [2.05, 4.69) is 4.98 Å². The molecule has 0 N–H and O–H groups in total. The van der Waals surface area contributed by atoms with Crippen molar-refractivity contribution in [3.05, 3.63) is 81.6 Å². The highest BCUT2D eigenvalue weighted by atomic mass is 16.5. The first-order chi connectivity index (χ1) is 13.2. The summed E-state index contributed by atoms with van der Waals surface area (Å²) in [7, 11) is 1.64. The number of hydrogen-bond donors (Lipinski definition) is 0. The Labute approximate surface area is 155 Å². The van der Waals surface area contributed by atoms with Crippen molar-refractivity contribution in [3.63, 3.8) is 0 Å². The van der Waals surface area contributed by atoms with E-state index in [-0.39, 0.29) is 11.1 Å². The largest absolute Gasteiger partial charge is 0.385 e. The van der Waals surface area contributed by atoms with Crippen LogP contribution in [0, 0.1) is 0 Å². The fourth-order valence-electron chi connectivity index (χ4n) is 3.21. The molecule has 0 fully saturated rings. The number of methoxy groups -OCH3 is 1. The van der Waals surface area contributed by atoms with Gasteiger partial charge in [-0.25, -0.2) is 4.98 Å². The highest BCUT2D eigenvalue weighted by Gasteiger charge is 2.10. The second-order valence-corrected chi connectivity index (χ2v) is 6.34. The molecule has 0 aliphatic rings. The van der Waals surface area contributed by atoms with Crippen molar-refractivity contribution in [1.82, 2.24) is 14.1 Å². The fraction of sp³-hybridized carbons (Fsp3) is 0.190. The lowest BCUT2D eigenvalue weighted by molar-refractivity contribution is 0.190. The summed E-state index contributed by atoms with van der Waals surface area (Å²) in [4.78, 5) is 30.3. The molecule has 27 heavy (non-hydrogen) atoms. The third-order valence-corrected chi connectivity index (χ3v) is 4.60. The van der Waals surface area contributed by atoms with Crippen LogP contribution in [0.4, 0.5) is 0 Å². The molecule has 0 atom stereocenters. The van der Waals surface area contributed by atoms with Crippen molar-refractivity contribution in [2.45, 2.75) is 13.0 Å². The summed E-state index contributed by atoms with van der Waals surface area (Å²) < 4.78 is 8.25. The first-order valence-corrected chi connectivity index (χ1v) is 8.79. The Morgan fingerprint density at radius 3 is 2.37 bits per heavy atom. The molecule has 0 aliphatic heterocycles. The van der Waals surface area contributed by atoms with E-state index >= 15 is 0 Å². The first kappa shape index (κ1) is 17.2. The van der Waals surface area contributed by atoms with Gasteiger partial charge in [-0.2, -0.15) is 0 Å². The number of fused-ring (bicyclic) bond motifs is 2. The van der Waals surface area contributed by atoms with Crippen LogP contribution >= 0.6 is 0 Å². The van der Waals surface area contributed by atoms with Gasteiger partial charge in [0.15, 0.2) is 0 Å². The molecule has 0 saturated carbocycles. The van der Waals surface area contributed by atoms with Crippen LogP contribution < -0.4 is 11.1 Å². The Balaban J connectivity index is 1.89. The predicted molar refractivity (Wildman–Crippen MR) is 106 cm³/mol. The number of benzene rings is 1. The van der Waals surface area contributed by atoms with Crippen molar-refractivity contribution in [3.8, 4) is 5.69 Å². The molecule has 6 nitrogen and oxygen atoms in total. The molecule has 0 amide bonds. The Kier molecular flexibility index (Phi) is 4.56. The molecule has 0 spiro atoms. The van der Waals surface area contributed by atoms with Gasteiger partial charge in [-0.15, -0.1) is 0 Å². The van der Waals surface area contributed by atoms with Gasteiger partial charge < -0.3 is 9.30 Å². The lowest BCUT2D eigenvalue weighted by Crippen LogP contribution is -2.22. The van der Waals surface area contributed by atoms with Crippen molar-refractivity contribution in [2.24, 2.45) is 0 Å². The Bertz CT molecular complexity index is 1230. The zero-order valence-corrected chi connectivity index (χ0v) is 15.0.